The van der Waals surface area contributed by atoms with Gasteiger partial charge in [-0.15, -0.1) is 28.1 Å². The number of nitrogens with one attached hydrogen (secondary N) is 2. The van der Waals surface area contributed by atoms with Crippen molar-refractivity contribution in [3.63, 3.8) is 0 Å². The molecule has 0 spiro atoms. The number of hydrogen-bond acceptors (Lipinski definition) is 7. The highest BCUT2D eigenvalue weighted by Crippen LogP contribution is 2.47. The van der Waals surface area contributed by atoms with Gasteiger partial charge < -0.3 is 0 Å². The molecule has 0 amide bonds. The summed E-state index contributed by atoms with van der Waals surface area (Å²) in [6, 6.07) is 0. The Labute approximate surface area is 149 Å². The molecule has 2 aromatic heterocycles. The fraction of sp³-hybridized carbons (Fsp3) is 0.500. The predicted molar refractivity (Wildman–Crippen MR) is 97.8 cm³/mol. The van der Waals surface area contributed by atoms with Crippen LogP contribution in [0.4, 0.5) is 5.95 Å². The minimum Gasteiger partial charge on any atom is -0.276 e. The first-order valence-electron chi connectivity index (χ1n) is 8.43. The molecular formula is C16H20N6S2. The minimum atomic E-state index is 0.155. The molecule has 1 aliphatic carbocycles. The lowest BCUT2D eigenvalue weighted by atomic mass is 9.94. The summed E-state index contributed by atoms with van der Waals surface area (Å²) in [5, 5.41) is 17.0. The van der Waals surface area contributed by atoms with Crippen molar-refractivity contribution in [3.05, 3.63) is 28.7 Å². The van der Waals surface area contributed by atoms with E-state index in [2.05, 4.69) is 44.0 Å². The minimum absolute atomic E-state index is 0.155. The Kier molecular flexibility index (Phi) is 3.48. The molecule has 0 aromatic carbocycles. The van der Waals surface area contributed by atoms with Crippen LogP contribution < -0.4 is 15.8 Å². The van der Waals surface area contributed by atoms with Gasteiger partial charge in [0.15, 0.2) is 5.16 Å². The second-order valence-electron chi connectivity index (χ2n) is 6.44. The normalized spacial score (nSPS) is 24.3. The van der Waals surface area contributed by atoms with Gasteiger partial charge in [0.2, 0.25) is 5.95 Å². The molecule has 2 unspecified atom stereocenters. The second-order valence-corrected chi connectivity index (χ2v) is 8.51. The number of anilines is 1. The molecule has 126 valence electrons. The lowest BCUT2D eigenvalue weighted by Crippen LogP contribution is -2.40. The average Bonchev–Trinajstić information content (AvgIpc) is 3.25. The molecule has 6 nitrogen and oxygen atoms in total. The van der Waals surface area contributed by atoms with Gasteiger partial charge in [0.25, 0.3) is 0 Å². The van der Waals surface area contributed by atoms with Crippen LogP contribution in [0.1, 0.15) is 41.9 Å². The fourth-order valence-corrected chi connectivity index (χ4v) is 6.01. The Hall–Kier alpha value is -1.35. The van der Waals surface area contributed by atoms with Crippen molar-refractivity contribution in [2.75, 3.05) is 10.8 Å². The van der Waals surface area contributed by atoms with E-state index in [4.69, 9.17) is 0 Å². The van der Waals surface area contributed by atoms with Gasteiger partial charge >= 0.3 is 0 Å². The smallest absolute Gasteiger partial charge is 0.249 e. The van der Waals surface area contributed by atoms with Crippen LogP contribution in [0.15, 0.2) is 17.8 Å². The number of aryl methyl sites for hydroxylation is 1. The van der Waals surface area contributed by atoms with E-state index in [0.717, 1.165) is 16.9 Å². The van der Waals surface area contributed by atoms with Crippen molar-refractivity contribution in [1.82, 2.24) is 25.5 Å². The summed E-state index contributed by atoms with van der Waals surface area (Å²) in [6.45, 7) is 5.97. The summed E-state index contributed by atoms with van der Waals surface area (Å²) in [7, 11) is 0. The van der Waals surface area contributed by atoms with E-state index in [9.17, 15) is 0 Å². The average molecular weight is 361 g/mol. The molecule has 0 radical (unpaired) electrons. The number of nitrogens with zero attached hydrogens (tertiary/aromatic N) is 4. The van der Waals surface area contributed by atoms with Crippen LogP contribution >= 0.6 is 23.1 Å². The summed E-state index contributed by atoms with van der Waals surface area (Å²) in [6.07, 6.45) is 7.27. The van der Waals surface area contributed by atoms with Crippen molar-refractivity contribution >= 4 is 29.0 Å². The number of hydrazine groups is 1. The van der Waals surface area contributed by atoms with E-state index in [1.165, 1.54) is 36.2 Å². The Morgan fingerprint density at radius 1 is 1.38 bits per heavy atom. The van der Waals surface area contributed by atoms with Crippen LogP contribution in [-0.4, -0.2) is 26.7 Å². The molecule has 5 rings (SSSR count). The first-order valence-corrected chi connectivity index (χ1v) is 10.2. The molecule has 2 N–H and O–H groups in total. The third-order valence-corrected chi connectivity index (χ3v) is 7.05. The van der Waals surface area contributed by atoms with Gasteiger partial charge in [-0.25, -0.2) is 9.99 Å². The molecule has 8 heteroatoms. The SMILES string of the molecule is C=CCSc1nnc2n1-c1sc3c(c1C1NC(C)NN21)CCCC3. The molecule has 3 aliphatic rings. The fourth-order valence-electron chi connectivity index (χ4n) is 3.86. The van der Waals surface area contributed by atoms with Gasteiger partial charge in [-0.2, -0.15) is 0 Å². The molecule has 24 heavy (non-hydrogen) atoms. The summed E-state index contributed by atoms with van der Waals surface area (Å²) < 4.78 is 2.23. The van der Waals surface area contributed by atoms with Crippen molar-refractivity contribution in [2.24, 2.45) is 0 Å². The number of thiophene rings is 1. The van der Waals surface area contributed by atoms with Crippen molar-refractivity contribution in [1.29, 1.82) is 0 Å². The zero-order valence-corrected chi connectivity index (χ0v) is 15.2. The summed E-state index contributed by atoms with van der Waals surface area (Å²) in [5.41, 5.74) is 6.48. The lowest BCUT2D eigenvalue weighted by Gasteiger charge is -2.31. The van der Waals surface area contributed by atoms with Crippen LogP contribution in [0.2, 0.25) is 0 Å². The van der Waals surface area contributed by atoms with Crippen molar-refractivity contribution in [3.8, 4) is 5.00 Å². The third-order valence-electron chi connectivity index (χ3n) is 4.83. The van der Waals surface area contributed by atoms with Crippen LogP contribution in [0.3, 0.4) is 0 Å². The second kappa shape index (κ2) is 5.59. The van der Waals surface area contributed by atoms with E-state index in [-0.39, 0.29) is 12.3 Å². The van der Waals surface area contributed by atoms with Gasteiger partial charge in [-0.3, -0.25) is 10.3 Å². The van der Waals surface area contributed by atoms with Gasteiger partial charge in [0.1, 0.15) is 11.2 Å². The first-order chi connectivity index (χ1) is 11.8. The molecule has 2 atom stereocenters. The molecule has 2 aromatic rings. The van der Waals surface area contributed by atoms with E-state index < -0.39 is 0 Å². The maximum Gasteiger partial charge on any atom is 0.249 e. The first kappa shape index (κ1) is 14.9. The van der Waals surface area contributed by atoms with Crippen LogP contribution in [0, 0.1) is 0 Å². The Balaban J connectivity index is 1.72. The molecule has 2 aliphatic heterocycles. The predicted octanol–water partition coefficient (Wildman–Crippen LogP) is 2.76. The molecule has 0 bridgehead atoms. The lowest BCUT2D eigenvalue weighted by molar-refractivity contribution is 0.558. The number of rotatable bonds is 3. The summed E-state index contributed by atoms with van der Waals surface area (Å²) in [5.74, 6) is 1.72. The van der Waals surface area contributed by atoms with E-state index in [1.54, 1.807) is 22.2 Å². The standard InChI is InChI=1S/C16H20N6S2/c1-3-8-23-16-19-18-15-21(16)14-12(13-17-9(2)20-22(13)15)10-6-4-5-7-11(10)24-14/h3,9,13,17,20H,1,4-8H2,2H3. The molecule has 1 saturated heterocycles. The monoisotopic (exact) mass is 360 g/mol. The number of fused-ring (bicyclic) bond motifs is 8. The third kappa shape index (κ3) is 2.03. The highest BCUT2D eigenvalue weighted by atomic mass is 32.2. The van der Waals surface area contributed by atoms with Crippen molar-refractivity contribution in [2.45, 2.75) is 50.1 Å². The molecular weight excluding hydrogens is 340 g/mol. The largest absolute Gasteiger partial charge is 0.276 e. The van der Waals surface area contributed by atoms with E-state index in [0.29, 0.717) is 0 Å². The summed E-state index contributed by atoms with van der Waals surface area (Å²) in [4.78, 5) is 1.55. The topological polar surface area (TPSA) is 58.0 Å². The highest BCUT2D eigenvalue weighted by Gasteiger charge is 2.43. The maximum atomic E-state index is 4.48. The Morgan fingerprint density at radius 2 is 2.25 bits per heavy atom. The number of aromatic nitrogens is 3. The van der Waals surface area contributed by atoms with Gasteiger partial charge in [0.05, 0.1) is 6.17 Å². The van der Waals surface area contributed by atoms with E-state index in [1.807, 2.05) is 17.4 Å². The number of thioether (sulfide) groups is 1. The van der Waals surface area contributed by atoms with E-state index >= 15 is 0 Å². The highest BCUT2D eigenvalue weighted by molar-refractivity contribution is 7.99. The Morgan fingerprint density at radius 3 is 3.12 bits per heavy atom. The van der Waals surface area contributed by atoms with Crippen molar-refractivity contribution < 1.29 is 0 Å². The zero-order valence-electron chi connectivity index (χ0n) is 13.6. The molecule has 4 heterocycles. The zero-order chi connectivity index (χ0) is 16.3. The number of hydrogen-bond donors (Lipinski definition) is 2. The maximum absolute atomic E-state index is 4.48. The molecule has 0 saturated carbocycles. The van der Waals surface area contributed by atoms with Crippen LogP contribution in [0.25, 0.3) is 5.00 Å². The van der Waals surface area contributed by atoms with Gasteiger partial charge in [-0.1, -0.05) is 17.8 Å². The van der Waals surface area contributed by atoms with Crippen LogP contribution in [0.5, 0.6) is 0 Å². The van der Waals surface area contributed by atoms with Crippen LogP contribution in [-0.2, 0) is 12.8 Å². The van der Waals surface area contributed by atoms with Gasteiger partial charge in [0, 0.05) is 16.2 Å². The van der Waals surface area contributed by atoms with Gasteiger partial charge in [-0.05, 0) is 38.2 Å². The molecule has 1 fully saturated rings. The summed E-state index contributed by atoms with van der Waals surface area (Å²) >= 11 is 3.62. The Bertz CT molecular complexity index is 810. The quantitative estimate of drug-likeness (QED) is 0.648.